The summed E-state index contributed by atoms with van der Waals surface area (Å²) in [5, 5.41) is 7.20. The minimum absolute atomic E-state index is 0.151. The van der Waals surface area contributed by atoms with E-state index in [9.17, 15) is 0 Å². The molecule has 13 aromatic carbocycles. The Morgan fingerprint density at radius 1 is 0.268 bits per heavy atom. The molecule has 0 bridgehead atoms. The molecule has 0 saturated heterocycles. The van der Waals surface area contributed by atoms with Gasteiger partial charge in [-0.05, 0) is 160 Å². The van der Waals surface area contributed by atoms with Gasteiger partial charge in [0.05, 0.1) is 11.4 Å². The first-order valence-corrected chi connectivity index (χ1v) is 28.7. The van der Waals surface area contributed by atoms with Crippen molar-refractivity contribution in [1.82, 2.24) is 0 Å². The summed E-state index contributed by atoms with van der Waals surface area (Å²) in [4.78, 5) is 4.97. The van der Waals surface area contributed by atoms with Gasteiger partial charge >= 0.3 is 0 Å². The van der Waals surface area contributed by atoms with Crippen LogP contribution in [0.1, 0.15) is 61.1 Å². The molecule has 13 aromatic rings. The molecule has 2 nitrogen and oxygen atoms in total. The van der Waals surface area contributed by atoms with Crippen molar-refractivity contribution in [2.24, 2.45) is 0 Å². The van der Waals surface area contributed by atoms with Gasteiger partial charge in [0.25, 0.3) is 0 Å². The quantitative estimate of drug-likeness (QED) is 0.0995. The molecule has 2 heteroatoms. The van der Waals surface area contributed by atoms with Crippen molar-refractivity contribution >= 4 is 78.6 Å². The molecule has 0 heterocycles. The van der Waals surface area contributed by atoms with Crippen molar-refractivity contribution in [1.29, 1.82) is 0 Å². The Balaban J connectivity index is 0.884. The molecule has 0 atom stereocenters. The summed E-state index contributed by atoms with van der Waals surface area (Å²) in [7, 11) is 0. The van der Waals surface area contributed by atoms with E-state index in [1.54, 1.807) is 0 Å². The molecule has 390 valence electrons. The summed E-state index contributed by atoms with van der Waals surface area (Å²) in [6, 6.07) is 103. The first-order valence-electron chi connectivity index (χ1n) is 28.7. The van der Waals surface area contributed by atoms with Gasteiger partial charge < -0.3 is 9.80 Å². The maximum Gasteiger partial charge on any atom is 0.0540 e. The lowest BCUT2D eigenvalue weighted by Gasteiger charge is -2.30. The highest BCUT2D eigenvalue weighted by atomic mass is 15.1. The van der Waals surface area contributed by atoms with Gasteiger partial charge in [0.15, 0.2) is 0 Å². The second kappa shape index (κ2) is 19.4. The highest BCUT2D eigenvalue weighted by molar-refractivity contribution is 6.17. The Hall–Kier alpha value is -10.0. The van der Waals surface area contributed by atoms with Crippen LogP contribution in [0.15, 0.2) is 279 Å². The van der Waals surface area contributed by atoms with Crippen LogP contribution in [0.5, 0.6) is 0 Å². The molecule has 0 saturated carbocycles. The summed E-state index contributed by atoms with van der Waals surface area (Å²) in [6.07, 6.45) is 4.68. The van der Waals surface area contributed by atoms with Gasteiger partial charge in [-0.25, -0.2) is 0 Å². The standard InChI is InChI=1S/C80H60N2/c1-79(2)72-35-17-15-32-66(72)68-45-42-62(51-74(68)79)81(60-28-19-26-58(49-60)53-21-7-5-8-22-53)76-47-40-56(64-30-13-14-34-70(64)76)37-38-57-41-48-77(71-44-39-55-25-11-12-31-65(55)78(57)71)82(61-29-20-27-59(50-61)54-23-9-6-10-24-54)63-43-46-69-67-33-16-18-36-73(67)80(3,4)75(69)52-63/h5-52H,1-4H3. The average molecular weight is 1050 g/mol. The van der Waals surface area contributed by atoms with Crippen LogP contribution in [0.3, 0.4) is 0 Å². The Morgan fingerprint density at radius 3 is 1.27 bits per heavy atom. The lowest BCUT2D eigenvalue weighted by molar-refractivity contribution is 0.660. The van der Waals surface area contributed by atoms with E-state index in [2.05, 4.69) is 329 Å². The Morgan fingerprint density at radius 2 is 0.695 bits per heavy atom. The summed E-state index contributed by atoms with van der Waals surface area (Å²) < 4.78 is 0. The fraction of sp³-hybridized carbons (Fsp3) is 0.0750. The van der Waals surface area contributed by atoms with E-state index in [4.69, 9.17) is 0 Å². The van der Waals surface area contributed by atoms with Crippen molar-refractivity contribution in [2.75, 3.05) is 9.80 Å². The largest absolute Gasteiger partial charge is 0.310 e. The SMILES string of the molecule is CC1(C)c2ccccc2-c2ccc(N(c3cccc(-c4ccccc4)c3)c3ccc(C=Cc4ccc(N(c5cccc(-c6ccccc6)c5)c5ccc6c(c5)C(C)(C)c5ccccc5-6)c5ccc6ccccc6c45)c4ccccc34)cc21. The summed E-state index contributed by atoms with van der Waals surface area (Å²) >= 11 is 0. The van der Waals surface area contributed by atoms with Gasteiger partial charge in [0.1, 0.15) is 0 Å². The molecule has 2 aliphatic carbocycles. The van der Waals surface area contributed by atoms with Gasteiger partial charge in [-0.15, -0.1) is 0 Å². The predicted molar refractivity (Wildman–Crippen MR) is 350 cm³/mol. The van der Waals surface area contributed by atoms with E-state index in [0.717, 1.165) is 45.3 Å². The highest BCUT2D eigenvalue weighted by Gasteiger charge is 2.37. The zero-order valence-corrected chi connectivity index (χ0v) is 46.6. The molecule has 82 heavy (non-hydrogen) atoms. The first-order chi connectivity index (χ1) is 40.2. The Kier molecular flexibility index (Phi) is 11.6. The van der Waals surface area contributed by atoms with Crippen molar-refractivity contribution in [2.45, 2.75) is 38.5 Å². The minimum Gasteiger partial charge on any atom is -0.310 e. The van der Waals surface area contributed by atoms with Crippen LogP contribution in [0.25, 0.3) is 89.0 Å². The monoisotopic (exact) mass is 1050 g/mol. The number of benzene rings is 13. The smallest absolute Gasteiger partial charge is 0.0540 e. The van der Waals surface area contributed by atoms with Gasteiger partial charge in [0.2, 0.25) is 0 Å². The van der Waals surface area contributed by atoms with Crippen LogP contribution < -0.4 is 9.80 Å². The number of nitrogens with zero attached hydrogens (tertiary/aromatic N) is 2. The van der Waals surface area contributed by atoms with Crippen molar-refractivity contribution in [3.63, 3.8) is 0 Å². The van der Waals surface area contributed by atoms with Crippen LogP contribution in [-0.4, -0.2) is 0 Å². The summed E-state index contributed by atoms with van der Waals surface area (Å²) in [5.41, 5.74) is 24.2. The van der Waals surface area contributed by atoms with E-state index < -0.39 is 0 Å². The fourth-order valence-corrected chi connectivity index (χ4v) is 13.7. The lowest BCUT2D eigenvalue weighted by atomic mass is 9.82. The molecule has 0 radical (unpaired) electrons. The number of anilines is 6. The van der Waals surface area contributed by atoms with Gasteiger partial charge in [-0.2, -0.15) is 0 Å². The maximum atomic E-state index is 2.49. The van der Waals surface area contributed by atoms with Crippen LogP contribution >= 0.6 is 0 Å². The summed E-state index contributed by atoms with van der Waals surface area (Å²) in [6.45, 7) is 9.48. The molecule has 0 aliphatic heterocycles. The normalized spacial score (nSPS) is 13.5. The third-order valence-electron chi connectivity index (χ3n) is 17.8. The first kappa shape index (κ1) is 49.1. The van der Waals surface area contributed by atoms with Crippen molar-refractivity contribution in [3.05, 3.63) is 312 Å². The van der Waals surface area contributed by atoms with E-state index in [-0.39, 0.29) is 10.8 Å². The molecule has 0 amide bonds. The van der Waals surface area contributed by atoms with Gasteiger partial charge in [-0.3, -0.25) is 0 Å². The molecule has 15 rings (SSSR count). The number of rotatable bonds is 10. The zero-order chi connectivity index (χ0) is 55.1. The Bertz CT molecular complexity index is 4700. The second-order valence-corrected chi connectivity index (χ2v) is 23.2. The maximum absolute atomic E-state index is 2.49. The van der Waals surface area contributed by atoms with E-state index >= 15 is 0 Å². The topological polar surface area (TPSA) is 6.48 Å². The molecular formula is C80H60N2. The minimum atomic E-state index is -0.160. The number of fused-ring (bicyclic) bond motifs is 10. The third-order valence-corrected chi connectivity index (χ3v) is 17.8. The van der Waals surface area contributed by atoms with E-state index in [1.807, 2.05) is 0 Å². The molecule has 0 unspecified atom stereocenters. The van der Waals surface area contributed by atoms with Crippen LogP contribution in [0.4, 0.5) is 34.1 Å². The van der Waals surface area contributed by atoms with E-state index in [1.165, 1.54) is 99.1 Å². The van der Waals surface area contributed by atoms with Crippen molar-refractivity contribution < 1.29 is 0 Å². The second-order valence-electron chi connectivity index (χ2n) is 23.2. The third kappa shape index (κ3) is 8.00. The number of hydrogen-bond acceptors (Lipinski definition) is 2. The molecule has 0 fully saturated rings. The molecule has 0 N–H and O–H groups in total. The average Bonchev–Trinajstić information content (AvgIpc) is 2.79. The fourth-order valence-electron chi connectivity index (χ4n) is 13.7. The predicted octanol–water partition coefficient (Wildman–Crippen LogP) is 22.2. The van der Waals surface area contributed by atoms with E-state index in [0.29, 0.717) is 0 Å². The molecule has 2 aliphatic rings. The molecule has 0 spiro atoms. The van der Waals surface area contributed by atoms with Crippen LogP contribution in [0.2, 0.25) is 0 Å². The molecule has 0 aromatic heterocycles. The summed E-state index contributed by atoms with van der Waals surface area (Å²) in [5.74, 6) is 0. The number of hydrogen-bond donors (Lipinski definition) is 0. The molecular weight excluding hydrogens is 989 g/mol. The lowest BCUT2D eigenvalue weighted by Crippen LogP contribution is -2.16. The Labute approximate surface area is 481 Å². The van der Waals surface area contributed by atoms with Gasteiger partial charge in [0, 0.05) is 44.4 Å². The van der Waals surface area contributed by atoms with Crippen LogP contribution in [-0.2, 0) is 10.8 Å². The van der Waals surface area contributed by atoms with Gasteiger partial charge in [-0.1, -0.05) is 258 Å². The van der Waals surface area contributed by atoms with Crippen molar-refractivity contribution in [3.8, 4) is 44.5 Å². The highest BCUT2D eigenvalue weighted by Crippen LogP contribution is 2.54. The van der Waals surface area contributed by atoms with Crippen LogP contribution in [0, 0.1) is 0 Å². The zero-order valence-electron chi connectivity index (χ0n) is 46.6.